The largest absolute Gasteiger partial charge is 0.399 e. The number of anilines is 1. The Balaban J connectivity index is 1.96. The predicted octanol–water partition coefficient (Wildman–Crippen LogP) is 2.03. The van der Waals surface area contributed by atoms with Crippen LogP contribution < -0.4 is 5.73 Å². The number of hydrogen-bond acceptors (Lipinski definition) is 4. The van der Waals surface area contributed by atoms with E-state index in [4.69, 9.17) is 5.73 Å². The summed E-state index contributed by atoms with van der Waals surface area (Å²) >= 11 is 0. The molecule has 0 unspecified atom stereocenters. The Hall–Kier alpha value is -1.91. The third-order valence-electron chi connectivity index (χ3n) is 3.69. The van der Waals surface area contributed by atoms with Gasteiger partial charge in [0.25, 0.3) is 0 Å². The van der Waals surface area contributed by atoms with E-state index in [0.29, 0.717) is 5.41 Å². The van der Waals surface area contributed by atoms with Gasteiger partial charge in [0, 0.05) is 11.3 Å². The van der Waals surface area contributed by atoms with Crippen LogP contribution in [0.2, 0.25) is 0 Å². The van der Waals surface area contributed by atoms with Gasteiger partial charge in [-0.3, -0.25) is 0 Å². The zero-order valence-electron chi connectivity index (χ0n) is 10.7. The van der Waals surface area contributed by atoms with Crippen LogP contribution in [0.4, 0.5) is 5.69 Å². The number of nitrogen functional groups attached to an aromatic ring is 1. The van der Waals surface area contributed by atoms with Crippen molar-refractivity contribution >= 4 is 5.69 Å². The molecule has 5 heteroatoms. The van der Waals surface area contributed by atoms with E-state index in [1.165, 1.54) is 12.8 Å². The standard InChI is InChI=1S/C13H17N5/c1-9-7-10(3-4-11(9)14)12-15-16-17-18(12)8-13(2)5-6-13/h3-4,7H,5-6,8,14H2,1-2H3. The van der Waals surface area contributed by atoms with E-state index < -0.39 is 0 Å². The molecule has 0 amide bonds. The van der Waals surface area contributed by atoms with Crippen LogP contribution in [0.1, 0.15) is 25.3 Å². The Morgan fingerprint density at radius 1 is 1.39 bits per heavy atom. The van der Waals surface area contributed by atoms with Crippen LogP contribution in [0, 0.1) is 12.3 Å². The molecular formula is C13H17N5. The third-order valence-corrected chi connectivity index (χ3v) is 3.69. The SMILES string of the molecule is Cc1cc(-c2nnnn2CC2(C)CC2)ccc1N. The van der Waals surface area contributed by atoms with E-state index in [9.17, 15) is 0 Å². The molecule has 0 saturated heterocycles. The van der Waals surface area contributed by atoms with Crippen LogP contribution in [0.15, 0.2) is 18.2 Å². The summed E-state index contributed by atoms with van der Waals surface area (Å²) in [7, 11) is 0. The van der Waals surface area contributed by atoms with Crippen LogP contribution in [-0.4, -0.2) is 20.2 Å². The van der Waals surface area contributed by atoms with Crippen molar-refractivity contribution in [3.05, 3.63) is 23.8 Å². The van der Waals surface area contributed by atoms with Crippen molar-refractivity contribution in [3.63, 3.8) is 0 Å². The molecule has 1 heterocycles. The highest BCUT2D eigenvalue weighted by molar-refractivity contribution is 5.61. The van der Waals surface area contributed by atoms with Gasteiger partial charge in [-0.1, -0.05) is 6.92 Å². The minimum Gasteiger partial charge on any atom is -0.399 e. The van der Waals surface area contributed by atoms with Crippen molar-refractivity contribution in [3.8, 4) is 11.4 Å². The van der Waals surface area contributed by atoms with Gasteiger partial charge in [-0.15, -0.1) is 5.10 Å². The van der Waals surface area contributed by atoms with Gasteiger partial charge in [0.15, 0.2) is 5.82 Å². The van der Waals surface area contributed by atoms with E-state index in [1.54, 1.807) is 0 Å². The van der Waals surface area contributed by atoms with Gasteiger partial charge in [-0.05, 0) is 59.4 Å². The molecule has 1 aliphatic carbocycles. The molecule has 0 atom stereocenters. The van der Waals surface area contributed by atoms with E-state index in [-0.39, 0.29) is 0 Å². The van der Waals surface area contributed by atoms with Crippen LogP contribution in [-0.2, 0) is 6.54 Å². The molecule has 1 fully saturated rings. The highest BCUT2D eigenvalue weighted by atomic mass is 15.5. The molecule has 18 heavy (non-hydrogen) atoms. The quantitative estimate of drug-likeness (QED) is 0.837. The Morgan fingerprint density at radius 2 is 2.17 bits per heavy atom. The number of aryl methyl sites for hydroxylation is 1. The number of nitrogens with two attached hydrogens (primary N) is 1. The van der Waals surface area contributed by atoms with Crippen LogP contribution >= 0.6 is 0 Å². The average Bonchev–Trinajstić information content (AvgIpc) is 2.88. The van der Waals surface area contributed by atoms with Crippen molar-refractivity contribution in [1.29, 1.82) is 0 Å². The Kier molecular flexibility index (Phi) is 2.36. The van der Waals surface area contributed by atoms with Crippen molar-refractivity contribution in [2.75, 3.05) is 5.73 Å². The second-order valence-electron chi connectivity index (χ2n) is 5.54. The van der Waals surface area contributed by atoms with Gasteiger partial charge >= 0.3 is 0 Å². The highest BCUT2D eigenvalue weighted by Crippen LogP contribution is 2.46. The predicted molar refractivity (Wildman–Crippen MR) is 69.7 cm³/mol. The van der Waals surface area contributed by atoms with Crippen molar-refractivity contribution in [2.24, 2.45) is 5.41 Å². The minimum atomic E-state index is 0.382. The van der Waals surface area contributed by atoms with Gasteiger partial charge in [-0.25, -0.2) is 4.68 Å². The normalized spacial score (nSPS) is 16.8. The Bertz CT molecular complexity index is 583. The maximum Gasteiger partial charge on any atom is 0.182 e. The molecule has 1 saturated carbocycles. The van der Waals surface area contributed by atoms with Crippen molar-refractivity contribution in [2.45, 2.75) is 33.2 Å². The lowest BCUT2D eigenvalue weighted by atomic mass is 10.1. The van der Waals surface area contributed by atoms with Gasteiger partial charge in [0.2, 0.25) is 0 Å². The van der Waals surface area contributed by atoms with Crippen LogP contribution in [0.5, 0.6) is 0 Å². The van der Waals surface area contributed by atoms with Gasteiger partial charge in [0.1, 0.15) is 0 Å². The summed E-state index contributed by atoms with van der Waals surface area (Å²) in [4.78, 5) is 0. The number of aromatic nitrogens is 4. The first kappa shape index (κ1) is 11.2. The van der Waals surface area contributed by atoms with Gasteiger partial charge in [0.05, 0.1) is 6.54 Å². The first-order valence-corrected chi connectivity index (χ1v) is 6.20. The van der Waals surface area contributed by atoms with Gasteiger partial charge in [-0.2, -0.15) is 0 Å². The molecule has 0 spiro atoms. The summed E-state index contributed by atoms with van der Waals surface area (Å²) in [5.41, 5.74) is 9.09. The number of tetrazole rings is 1. The summed E-state index contributed by atoms with van der Waals surface area (Å²) < 4.78 is 1.90. The van der Waals surface area contributed by atoms with E-state index in [1.807, 2.05) is 29.8 Å². The number of nitrogens with zero attached hydrogens (tertiary/aromatic N) is 4. The molecule has 94 valence electrons. The molecule has 3 rings (SSSR count). The maximum atomic E-state index is 5.83. The number of benzene rings is 1. The fraction of sp³-hybridized carbons (Fsp3) is 0.462. The molecule has 1 aliphatic rings. The van der Waals surface area contributed by atoms with Gasteiger partial charge < -0.3 is 5.73 Å². The lowest BCUT2D eigenvalue weighted by molar-refractivity contribution is 0.427. The third kappa shape index (κ3) is 1.96. The van der Waals surface area contributed by atoms with E-state index in [2.05, 4.69) is 22.4 Å². The maximum absolute atomic E-state index is 5.83. The lowest BCUT2D eigenvalue weighted by Gasteiger charge is -2.10. The average molecular weight is 243 g/mol. The van der Waals surface area contributed by atoms with E-state index >= 15 is 0 Å². The number of hydrogen-bond donors (Lipinski definition) is 1. The minimum absolute atomic E-state index is 0.382. The molecule has 0 radical (unpaired) electrons. The fourth-order valence-electron chi connectivity index (χ4n) is 2.07. The fourth-order valence-corrected chi connectivity index (χ4v) is 2.07. The van der Waals surface area contributed by atoms with Crippen molar-refractivity contribution in [1.82, 2.24) is 20.2 Å². The summed E-state index contributed by atoms with van der Waals surface area (Å²) in [6, 6.07) is 5.91. The highest BCUT2D eigenvalue weighted by Gasteiger charge is 2.38. The molecule has 1 aromatic heterocycles. The topological polar surface area (TPSA) is 69.6 Å². The molecule has 0 bridgehead atoms. The number of rotatable bonds is 3. The molecule has 2 N–H and O–H groups in total. The Morgan fingerprint density at radius 3 is 2.83 bits per heavy atom. The Labute approximate surface area is 106 Å². The van der Waals surface area contributed by atoms with Crippen LogP contribution in [0.3, 0.4) is 0 Å². The first-order chi connectivity index (χ1) is 8.57. The lowest BCUT2D eigenvalue weighted by Crippen LogP contribution is -2.11. The zero-order chi connectivity index (χ0) is 12.8. The summed E-state index contributed by atoms with van der Waals surface area (Å²) in [5, 5.41) is 12.0. The monoisotopic (exact) mass is 243 g/mol. The molecule has 0 aliphatic heterocycles. The summed E-state index contributed by atoms with van der Waals surface area (Å²) in [6.45, 7) is 5.15. The smallest absolute Gasteiger partial charge is 0.182 e. The van der Waals surface area contributed by atoms with E-state index in [0.717, 1.165) is 29.2 Å². The first-order valence-electron chi connectivity index (χ1n) is 6.20. The van der Waals surface area contributed by atoms with Crippen molar-refractivity contribution < 1.29 is 0 Å². The second-order valence-corrected chi connectivity index (χ2v) is 5.54. The zero-order valence-corrected chi connectivity index (χ0v) is 10.7. The molecular weight excluding hydrogens is 226 g/mol. The molecule has 5 nitrogen and oxygen atoms in total. The van der Waals surface area contributed by atoms with Crippen LogP contribution in [0.25, 0.3) is 11.4 Å². The summed E-state index contributed by atoms with van der Waals surface area (Å²) in [5.74, 6) is 0.825. The summed E-state index contributed by atoms with van der Waals surface area (Å²) in [6.07, 6.45) is 2.51. The molecule has 1 aromatic carbocycles. The second kappa shape index (κ2) is 3.80. The molecule has 2 aromatic rings.